The number of nitrogen functional groups attached to an aromatic ring is 1. The molecule has 0 fully saturated rings. The van der Waals surface area contributed by atoms with Crippen molar-refractivity contribution in [2.45, 2.75) is 0 Å². The first kappa shape index (κ1) is 7.61. The molecule has 8 heavy (non-hydrogen) atoms. The maximum atomic E-state index is 5.16. The highest BCUT2D eigenvalue weighted by atomic mass is 127. The van der Waals surface area contributed by atoms with Crippen molar-refractivity contribution in [1.29, 1.82) is 0 Å². The topological polar surface area (TPSA) is 42.8 Å². The number of hydrogen-bond acceptors (Lipinski definition) is 2. The highest BCUT2D eigenvalue weighted by molar-refractivity contribution is 4.76. The molecule has 1 aromatic rings. The van der Waals surface area contributed by atoms with Gasteiger partial charge in [0, 0.05) is 16.0 Å². The van der Waals surface area contributed by atoms with E-state index in [9.17, 15) is 0 Å². The normalized spacial score (nSPS) is 7.50. The summed E-state index contributed by atoms with van der Waals surface area (Å²) in [6, 6.07) is 3.62. The standard InChI is InChI=1S/C4H6N3.HI/c5-7-4-2-1-3-6-7;/h1-4H,(H2,5,6);1H/q+1;/p-1. The van der Waals surface area contributed by atoms with E-state index in [2.05, 4.69) is 5.10 Å². The number of aromatic nitrogens is 2. The Morgan fingerprint density at radius 2 is 2.12 bits per heavy atom. The second-order valence-corrected chi connectivity index (χ2v) is 1.18. The molecule has 44 valence electrons. The fourth-order valence-electron chi connectivity index (χ4n) is 0.342. The van der Waals surface area contributed by atoms with Gasteiger partial charge in [-0.25, -0.2) is 0 Å². The molecule has 0 aromatic carbocycles. The molecule has 1 heterocycles. The molecule has 4 heteroatoms. The molecule has 0 aliphatic heterocycles. The molecule has 2 N–H and O–H groups in total. The summed E-state index contributed by atoms with van der Waals surface area (Å²) >= 11 is 0. The molecule has 0 spiro atoms. The van der Waals surface area contributed by atoms with Crippen LogP contribution in [0.25, 0.3) is 0 Å². The van der Waals surface area contributed by atoms with Crippen LogP contribution in [0.15, 0.2) is 24.5 Å². The summed E-state index contributed by atoms with van der Waals surface area (Å²) in [6.45, 7) is 0. The summed E-state index contributed by atoms with van der Waals surface area (Å²) in [7, 11) is 0. The van der Waals surface area contributed by atoms with Crippen LogP contribution in [0.5, 0.6) is 0 Å². The number of nitrogens with two attached hydrogens (primary N) is 1. The Balaban J connectivity index is 0.000000490. The summed E-state index contributed by atoms with van der Waals surface area (Å²) < 4.78 is 0. The number of hydrogen-bond donors (Lipinski definition) is 1. The Morgan fingerprint density at radius 3 is 2.38 bits per heavy atom. The molecule has 0 saturated heterocycles. The maximum absolute atomic E-state index is 5.16. The van der Waals surface area contributed by atoms with Crippen molar-refractivity contribution in [3.8, 4) is 0 Å². The molecule has 0 aliphatic rings. The first-order valence-corrected chi connectivity index (χ1v) is 1.97. The van der Waals surface area contributed by atoms with Crippen LogP contribution in [-0.4, -0.2) is 5.10 Å². The van der Waals surface area contributed by atoms with E-state index in [0.29, 0.717) is 0 Å². The van der Waals surface area contributed by atoms with Gasteiger partial charge in [-0.1, -0.05) is 0 Å². The zero-order valence-corrected chi connectivity index (χ0v) is 6.32. The van der Waals surface area contributed by atoms with E-state index < -0.39 is 0 Å². The summed E-state index contributed by atoms with van der Waals surface area (Å²) in [5.41, 5.74) is 0. The highest BCUT2D eigenvalue weighted by Gasteiger charge is 1.82. The van der Waals surface area contributed by atoms with Crippen molar-refractivity contribution in [3.05, 3.63) is 24.5 Å². The van der Waals surface area contributed by atoms with Gasteiger partial charge in [0.25, 0.3) is 0 Å². The van der Waals surface area contributed by atoms with Crippen molar-refractivity contribution in [2.75, 3.05) is 5.84 Å². The van der Waals surface area contributed by atoms with Crippen molar-refractivity contribution >= 4 is 0 Å². The van der Waals surface area contributed by atoms with Crippen LogP contribution in [0, 0.1) is 0 Å². The van der Waals surface area contributed by atoms with Gasteiger partial charge < -0.3 is 24.0 Å². The van der Waals surface area contributed by atoms with Crippen LogP contribution >= 0.6 is 0 Å². The van der Waals surface area contributed by atoms with Gasteiger partial charge in [-0.15, -0.1) is 0 Å². The first-order valence-electron chi connectivity index (χ1n) is 1.97. The van der Waals surface area contributed by atoms with Crippen molar-refractivity contribution < 1.29 is 28.8 Å². The van der Waals surface area contributed by atoms with Crippen LogP contribution in [0.3, 0.4) is 0 Å². The fourth-order valence-corrected chi connectivity index (χ4v) is 0.342. The molecular weight excluding hydrogens is 217 g/mol. The minimum Gasteiger partial charge on any atom is -1.00 e. The summed E-state index contributed by atoms with van der Waals surface area (Å²) in [4.78, 5) is 1.25. The highest BCUT2D eigenvalue weighted by Crippen LogP contribution is 1.65. The van der Waals surface area contributed by atoms with E-state index in [0.717, 1.165) is 0 Å². The van der Waals surface area contributed by atoms with Gasteiger partial charge in [0.2, 0.25) is 6.20 Å². The largest absolute Gasteiger partial charge is 1.00 e. The SMILES string of the molecule is N[n+]1ccccn1.[I-]. The molecule has 1 rings (SSSR count). The molecule has 0 saturated carbocycles. The predicted octanol–water partition coefficient (Wildman–Crippen LogP) is -3.91. The third-order valence-corrected chi connectivity index (χ3v) is 0.636. The second-order valence-electron chi connectivity index (χ2n) is 1.18. The predicted molar refractivity (Wildman–Crippen MR) is 24.6 cm³/mol. The van der Waals surface area contributed by atoms with E-state index in [4.69, 9.17) is 5.84 Å². The van der Waals surface area contributed by atoms with E-state index in [1.54, 1.807) is 12.4 Å². The number of halogens is 1. The fraction of sp³-hybridized carbons (Fsp3) is 0. The molecule has 0 bridgehead atoms. The van der Waals surface area contributed by atoms with E-state index in [1.807, 2.05) is 12.1 Å². The average molecular weight is 223 g/mol. The monoisotopic (exact) mass is 223 g/mol. The van der Waals surface area contributed by atoms with E-state index in [1.165, 1.54) is 4.79 Å². The second kappa shape index (κ2) is 3.59. The van der Waals surface area contributed by atoms with E-state index >= 15 is 0 Å². The smallest absolute Gasteiger partial charge is 0.230 e. The van der Waals surface area contributed by atoms with Gasteiger partial charge in [0.15, 0.2) is 0 Å². The van der Waals surface area contributed by atoms with Gasteiger partial charge in [-0.05, 0) is 6.07 Å². The Morgan fingerprint density at radius 1 is 1.38 bits per heavy atom. The van der Waals surface area contributed by atoms with Crippen LogP contribution in [0.4, 0.5) is 0 Å². The number of rotatable bonds is 0. The van der Waals surface area contributed by atoms with Gasteiger partial charge in [0.1, 0.15) is 0 Å². The molecule has 3 nitrogen and oxygen atoms in total. The average Bonchev–Trinajstić information content (AvgIpc) is 1.69. The zero-order valence-electron chi connectivity index (χ0n) is 4.16. The molecular formula is C4H6IN3. The van der Waals surface area contributed by atoms with Crippen molar-refractivity contribution in [1.82, 2.24) is 5.10 Å². The Kier molecular flexibility index (Phi) is 3.42. The molecule has 0 unspecified atom stereocenters. The van der Waals surface area contributed by atoms with Gasteiger partial charge >= 0.3 is 0 Å². The lowest BCUT2D eigenvalue weighted by atomic mass is 10.6. The molecule has 0 radical (unpaired) electrons. The summed E-state index contributed by atoms with van der Waals surface area (Å²) in [5, 5.41) is 3.67. The van der Waals surface area contributed by atoms with Crippen molar-refractivity contribution in [2.24, 2.45) is 0 Å². The van der Waals surface area contributed by atoms with Crippen LogP contribution in [0.1, 0.15) is 0 Å². The Labute approximate surface area is 64.5 Å². The first-order chi connectivity index (χ1) is 3.39. The third kappa shape index (κ3) is 2.06. The van der Waals surface area contributed by atoms with Crippen LogP contribution < -0.4 is 34.6 Å². The van der Waals surface area contributed by atoms with Gasteiger partial charge in [-0.2, -0.15) is 5.84 Å². The lowest BCUT2D eigenvalue weighted by Crippen LogP contribution is -3.00. The van der Waals surface area contributed by atoms with Crippen LogP contribution in [-0.2, 0) is 0 Å². The van der Waals surface area contributed by atoms with E-state index in [-0.39, 0.29) is 24.0 Å². The minimum atomic E-state index is 0. The summed E-state index contributed by atoms with van der Waals surface area (Å²) in [5.74, 6) is 5.16. The molecule has 0 atom stereocenters. The Hall–Kier alpha value is -0.390. The maximum Gasteiger partial charge on any atom is 0.230 e. The third-order valence-electron chi connectivity index (χ3n) is 0.636. The van der Waals surface area contributed by atoms with Crippen LogP contribution in [0.2, 0.25) is 0 Å². The molecule has 0 amide bonds. The molecule has 0 aliphatic carbocycles. The van der Waals surface area contributed by atoms with Gasteiger partial charge in [-0.3, -0.25) is 0 Å². The lowest BCUT2D eigenvalue weighted by Gasteiger charge is -1.74. The lowest BCUT2D eigenvalue weighted by molar-refractivity contribution is -0.700. The molecule has 1 aromatic heterocycles. The Bertz CT molecular complexity index is 141. The summed E-state index contributed by atoms with van der Waals surface area (Å²) in [6.07, 6.45) is 3.29. The number of nitrogens with zero attached hydrogens (tertiary/aromatic N) is 2. The minimum absolute atomic E-state index is 0. The van der Waals surface area contributed by atoms with Crippen molar-refractivity contribution in [3.63, 3.8) is 0 Å². The van der Waals surface area contributed by atoms with Gasteiger partial charge in [0.05, 0.1) is 6.20 Å². The quantitative estimate of drug-likeness (QED) is 0.277. The zero-order chi connectivity index (χ0) is 5.11.